The molecule has 2 aliphatic heterocycles. The highest BCUT2D eigenvalue weighted by Crippen LogP contribution is 2.40. The summed E-state index contributed by atoms with van der Waals surface area (Å²) in [5.74, 6) is 0. The zero-order valence-corrected chi connectivity index (χ0v) is 14.7. The predicted octanol–water partition coefficient (Wildman–Crippen LogP) is 3.87. The van der Waals surface area contributed by atoms with Gasteiger partial charge in [0.1, 0.15) is 0 Å². The van der Waals surface area contributed by atoms with Gasteiger partial charge in [0.15, 0.2) is 0 Å². The summed E-state index contributed by atoms with van der Waals surface area (Å²) in [6.07, 6.45) is 5.97. The van der Waals surface area contributed by atoms with Crippen molar-refractivity contribution in [3.63, 3.8) is 0 Å². The molecule has 0 spiro atoms. The van der Waals surface area contributed by atoms with Crippen LogP contribution in [0.3, 0.4) is 0 Å². The van der Waals surface area contributed by atoms with Crippen LogP contribution in [0.15, 0.2) is 35.0 Å². The van der Waals surface area contributed by atoms with E-state index >= 15 is 0 Å². The van der Waals surface area contributed by atoms with Crippen LogP contribution in [0.1, 0.15) is 53.9 Å². The van der Waals surface area contributed by atoms with Gasteiger partial charge in [-0.05, 0) is 71.1 Å². The van der Waals surface area contributed by atoms with Crippen LogP contribution in [0.5, 0.6) is 0 Å². The Morgan fingerprint density at radius 1 is 1.14 bits per heavy atom. The second-order valence-corrected chi connectivity index (χ2v) is 7.88. The molecule has 0 atom stereocenters. The quantitative estimate of drug-likeness (QED) is 0.739. The highest BCUT2D eigenvalue weighted by atomic mass is 16.7. The number of hydrogen-bond acceptors (Lipinski definition) is 3. The summed E-state index contributed by atoms with van der Waals surface area (Å²) in [5.41, 5.74) is 4.68. The summed E-state index contributed by atoms with van der Waals surface area (Å²) >= 11 is 0. The van der Waals surface area contributed by atoms with Crippen molar-refractivity contribution in [1.82, 2.24) is 4.90 Å². The fourth-order valence-electron chi connectivity index (χ4n) is 2.95. The first kappa shape index (κ1) is 15.9. The molecule has 3 nitrogen and oxygen atoms in total. The highest BCUT2D eigenvalue weighted by Gasteiger charge is 2.52. The monoisotopic (exact) mass is 301 g/mol. The maximum atomic E-state index is 6.17. The van der Waals surface area contributed by atoms with Crippen molar-refractivity contribution in [2.75, 3.05) is 13.1 Å². The van der Waals surface area contributed by atoms with Gasteiger partial charge in [-0.25, -0.2) is 0 Å². The summed E-state index contributed by atoms with van der Waals surface area (Å²) in [4.78, 5) is 2.42. The van der Waals surface area contributed by atoms with E-state index in [4.69, 9.17) is 9.31 Å². The van der Waals surface area contributed by atoms with Crippen LogP contribution in [-0.4, -0.2) is 36.3 Å². The number of nitrogens with zero attached hydrogens (tertiary/aromatic N) is 1. The van der Waals surface area contributed by atoms with Crippen molar-refractivity contribution in [3.8, 4) is 0 Å². The molecule has 1 aliphatic carbocycles. The maximum absolute atomic E-state index is 6.17. The molecule has 2 fully saturated rings. The van der Waals surface area contributed by atoms with Crippen molar-refractivity contribution in [2.45, 2.75) is 65.1 Å². The van der Waals surface area contributed by atoms with E-state index in [1.807, 2.05) is 0 Å². The summed E-state index contributed by atoms with van der Waals surface area (Å²) < 4.78 is 12.3. The summed E-state index contributed by atoms with van der Waals surface area (Å²) in [5, 5.41) is 0. The SMILES string of the molecule is C=C(B1OC(C)(C)C(C)(C)O1)C1=C(C)CCN(C=C2CC2)C1. The summed E-state index contributed by atoms with van der Waals surface area (Å²) in [6.45, 7) is 16.9. The Balaban J connectivity index is 1.75. The molecule has 0 aromatic heterocycles. The van der Waals surface area contributed by atoms with Gasteiger partial charge in [0.25, 0.3) is 0 Å². The molecule has 0 N–H and O–H groups in total. The first-order valence-corrected chi connectivity index (χ1v) is 8.37. The first-order valence-electron chi connectivity index (χ1n) is 8.37. The molecule has 3 aliphatic rings. The Labute approximate surface area is 135 Å². The van der Waals surface area contributed by atoms with E-state index in [2.05, 4.69) is 52.3 Å². The van der Waals surface area contributed by atoms with Crippen LogP contribution in [-0.2, 0) is 9.31 Å². The molecule has 120 valence electrons. The Bertz CT molecular complexity index is 537. The number of hydrogen-bond donors (Lipinski definition) is 0. The van der Waals surface area contributed by atoms with E-state index in [0.717, 1.165) is 25.0 Å². The second-order valence-electron chi connectivity index (χ2n) is 7.88. The second kappa shape index (κ2) is 5.28. The van der Waals surface area contributed by atoms with Crippen molar-refractivity contribution in [3.05, 3.63) is 35.0 Å². The van der Waals surface area contributed by atoms with Crippen molar-refractivity contribution in [1.29, 1.82) is 0 Å². The average molecular weight is 301 g/mol. The first-order chi connectivity index (χ1) is 10.2. The molecule has 22 heavy (non-hydrogen) atoms. The fraction of sp³-hybridized carbons (Fsp3) is 0.667. The minimum Gasteiger partial charge on any atom is -0.399 e. The summed E-state index contributed by atoms with van der Waals surface area (Å²) in [6, 6.07) is 0. The highest BCUT2D eigenvalue weighted by molar-refractivity contribution is 6.56. The van der Waals surface area contributed by atoms with Gasteiger partial charge in [0.05, 0.1) is 11.2 Å². The Kier molecular flexibility index (Phi) is 3.81. The van der Waals surface area contributed by atoms with Crippen LogP contribution in [0.4, 0.5) is 0 Å². The molecule has 0 radical (unpaired) electrons. The molecule has 1 saturated carbocycles. The molecule has 0 aromatic rings. The van der Waals surface area contributed by atoms with Gasteiger partial charge < -0.3 is 14.2 Å². The standard InChI is InChI=1S/C18H28BNO2/c1-13-9-10-20(11-15-7-8-15)12-16(13)14(2)19-21-17(3,4)18(5,6)22-19/h11H,2,7-10,12H2,1,3-6H3. The molecule has 0 unspecified atom stereocenters. The fourth-order valence-corrected chi connectivity index (χ4v) is 2.95. The molecule has 0 bridgehead atoms. The van der Waals surface area contributed by atoms with E-state index in [-0.39, 0.29) is 18.3 Å². The van der Waals surface area contributed by atoms with E-state index in [1.165, 1.54) is 24.0 Å². The van der Waals surface area contributed by atoms with Crippen LogP contribution >= 0.6 is 0 Å². The molecular formula is C18H28BNO2. The van der Waals surface area contributed by atoms with Crippen LogP contribution in [0, 0.1) is 0 Å². The zero-order valence-electron chi connectivity index (χ0n) is 14.7. The Hall–Kier alpha value is -0.995. The van der Waals surface area contributed by atoms with E-state index in [9.17, 15) is 0 Å². The van der Waals surface area contributed by atoms with Gasteiger partial charge >= 0.3 is 7.12 Å². The number of allylic oxidation sites excluding steroid dienone is 1. The third-order valence-corrected chi connectivity index (χ3v) is 5.48. The van der Waals surface area contributed by atoms with Gasteiger partial charge in [0, 0.05) is 13.1 Å². The average Bonchev–Trinajstić information content (AvgIpc) is 3.19. The van der Waals surface area contributed by atoms with E-state index in [1.54, 1.807) is 5.57 Å². The van der Waals surface area contributed by atoms with E-state index < -0.39 is 0 Å². The topological polar surface area (TPSA) is 21.7 Å². The molecule has 1 saturated heterocycles. The van der Waals surface area contributed by atoms with Gasteiger partial charge in [-0.3, -0.25) is 0 Å². The third kappa shape index (κ3) is 2.91. The van der Waals surface area contributed by atoms with E-state index in [0.29, 0.717) is 0 Å². The maximum Gasteiger partial charge on any atom is 0.494 e. The molecule has 0 aromatic carbocycles. The van der Waals surface area contributed by atoms with Crippen LogP contribution in [0.2, 0.25) is 0 Å². The lowest BCUT2D eigenvalue weighted by Crippen LogP contribution is -2.41. The van der Waals surface area contributed by atoms with Gasteiger partial charge in [-0.2, -0.15) is 0 Å². The molecule has 2 heterocycles. The third-order valence-electron chi connectivity index (χ3n) is 5.48. The predicted molar refractivity (Wildman–Crippen MR) is 91.4 cm³/mol. The van der Waals surface area contributed by atoms with Crippen molar-refractivity contribution < 1.29 is 9.31 Å². The minimum absolute atomic E-state index is 0.306. The Morgan fingerprint density at radius 2 is 1.73 bits per heavy atom. The largest absolute Gasteiger partial charge is 0.494 e. The molecule has 4 heteroatoms. The smallest absolute Gasteiger partial charge is 0.399 e. The van der Waals surface area contributed by atoms with Gasteiger partial charge in [0.2, 0.25) is 0 Å². The molecule has 0 amide bonds. The van der Waals surface area contributed by atoms with Gasteiger partial charge in [-0.15, -0.1) is 0 Å². The normalized spacial score (nSPS) is 26.5. The zero-order chi connectivity index (χ0) is 16.1. The van der Waals surface area contributed by atoms with Crippen molar-refractivity contribution >= 4 is 7.12 Å². The van der Waals surface area contributed by atoms with Crippen molar-refractivity contribution in [2.24, 2.45) is 0 Å². The summed E-state index contributed by atoms with van der Waals surface area (Å²) in [7, 11) is -0.330. The van der Waals surface area contributed by atoms with Gasteiger partial charge in [-0.1, -0.05) is 17.7 Å². The van der Waals surface area contributed by atoms with Crippen LogP contribution < -0.4 is 0 Å². The molecule has 3 rings (SSSR count). The number of rotatable bonds is 3. The van der Waals surface area contributed by atoms with Crippen LogP contribution in [0.25, 0.3) is 0 Å². The Morgan fingerprint density at radius 3 is 2.27 bits per heavy atom. The lowest BCUT2D eigenvalue weighted by Gasteiger charge is -2.32. The lowest BCUT2D eigenvalue weighted by molar-refractivity contribution is 0.00578. The minimum atomic E-state index is -0.330. The molecular weight excluding hydrogens is 273 g/mol. The lowest BCUT2D eigenvalue weighted by atomic mass is 9.72.